The molecule has 0 spiro atoms. The van der Waals surface area contributed by atoms with Gasteiger partial charge in [-0.2, -0.15) is 4.98 Å². The highest BCUT2D eigenvalue weighted by atomic mass is 16.5. The molecule has 0 aliphatic carbocycles. The summed E-state index contributed by atoms with van der Waals surface area (Å²) in [5.74, 6) is 0.520. The zero-order valence-corrected chi connectivity index (χ0v) is 11.6. The van der Waals surface area contributed by atoms with Crippen molar-refractivity contribution in [3.63, 3.8) is 0 Å². The lowest BCUT2D eigenvalue weighted by molar-refractivity contribution is 0.0356. The number of nitrogens with zero attached hydrogens (tertiary/aromatic N) is 3. The Morgan fingerprint density at radius 1 is 1.53 bits per heavy atom. The molecule has 0 amide bonds. The fourth-order valence-corrected chi connectivity index (χ4v) is 1.79. The molecule has 0 aromatic carbocycles. The average Bonchev–Trinajstić information content (AvgIpc) is 2.79. The topological polar surface area (TPSA) is 71.7 Å². The van der Waals surface area contributed by atoms with Gasteiger partial charge in [-0.1, -0.05) is 6.07 Å². The first-order chi connectivity index (χ1) is 9.02. The van der Waals surface area contributed by atoms with Crippen LogP contribution in [0.4, 0.5) is 5.95 Å². The smallest absolute Gasteiger partial charge is 0.243 e. The summed E-state index contributed by atoms with van der Waals surface area (Å²) >= 11 is 0. The highest BCUT2D eigenvalue weighted by Crippen LogP contribution is 2.13. The molecular weight excluding hydrogens is 244 g/mol. The second kappa shape index (κ2) is 5.54. The van der Waals surface area contributed by atoms with E-state index >= 15 is 0 Å². The number of aromatic nitrogens is 3. The van der Waals surface area contributed by atoms with Crippen molar-refractivity contribution >= 4 is 11.6 Å². The number of hydrogen-bond donors (Lipinski definition) is 2. The number of fused-ring (bicyclic) bond motifs is 1. The Bertz CT molecular complexity index is 551. The van der Waals surface area contributed by atoms with Gasteiger partial charge in [-0.3, -0.25) is 0 Å². The van der Waals surface area contributed by atoms with Crippen LogP contribution in [0.2, 0.25) is 0 Å². The van der Waals surface area contributed by atoms with Gasteiger partial charge in [0, 0.05) is 32.9 Å². The minimum Gasteiger partial charge on any atom is -0.388 e. The Hall–Kier alpha value is -1.66. The van der Waals surface area contributed by atoms with Crippen LogP contribution < -0.4 is 5.32 Å². The lowest BCUT2D eigenvalue weighted by atomic mass is 10.0. The minimum absolute atomic E-state index is 0.381. The van der Waals surface area contributed by atoms with Crippen LogP contribution in [0.1, 0.15) is 18.9 Å². The third-order valence-electron chi connectivity index (χ3n) is 3.03. The molecule has 2 heterocycles. The normalized spacial score (nSPS) is 14.5. The van der Waals surface area contributed by atoms with Crippen molar-refractivity contribution in [2.45, 2.75) is 25.9 Å². The van der Waals surface area contributed by atoms with Crippen molar-refractivity contribution in [1.29, 1.82) is 0 Å². The van der Waals surface area contributed by atoms with Gasteiger partial charge in [0.1, 0.15) is 0 Å². The average molecular weight is 264 g/mol. The summed E-state index contributed by atoms with van der Waals surface area (Å²) in [6.07, 6.45) is 2.41. The Kier molecular flexibility index (Phi) is 4.01. The maximum atomic E-state index is 10.1. The Labute approximate surface area is 112 Å². The second-order valence-electron chi connectivity index (χ2n) is 4.99. The second-order valence-corrected chi connectivity index (χ2v) is 4.99. The molecule has 6 heteroatoms. The van der Waals surface area contributed by atoms with E-state index in [1.54, 1.807) is 18.5 Å². The summed E-state index contributed by atoms with van der Waals surface area (Å²) in [5.41, 5.74) is 1.04. The monoisotopic (exact) mass is 264 g/mol. The number of aliphatic hydroxyl groups is 1. The minimum atomic E-state index is -0.845. The molecule has 0 aliphatic rings. The van der Waals surface area contributed by atoms with Crippen molar-refractivity contribution in [2.24, 2.45) is 0 Å². The fourth-order valence-electron chi connectivity index (χ4n) is 1.79. The van der Waals surface area contributed by atoms with Crippen LogP contribution in [-0.2, 0) is 4.74 Å². The maximum Gasteiger partial charge on any atom is 0.243 e. The van der Waals surface area contributed by atoms with E-state index in [9.17, 15) is 5.11 Å². The molecule has 19 heavy (non-hydrogen) atoms. The van der Waals surface area contributed by atoms with Crippen LogP contribution in [0.5, 0.6) is 0 Å². The largest absolute Gasteiger partial charge is 0.388 e. The Morgan fingerprint density at radius 3 is 3.00 bits per heavy atom. The number of hydrogen-bond acceptors (Lipinski definition) is 5. The first-order valence-electron chi connectivity index (χ1n) is 6.29. The third kappa shape index (κ3) is 3.42. The quantitative estimate of drug-likeness (QED) is 0.821. The van der Waals surface area contributed by atoms with E-state index in [1.807, 2.05) is 25.3 Å². The van der Waals surface area contributed by atoms with Crippen LogP contribution in [0.3, 0.4) is 0 Å². The highest BCUT2D eigenvalue weighted by molar-refractivity contribution is 5.49. The van der Waals surface area contributed by atoms with E-state index in [1.165, 1.54) is 0 Å². The fraction of sp³-hybridized carbons (Fsp3) is 0.538. The van der Waals surface area contributed by atoms with Gasteiger partial charge < -0.3 is 15.2 Å². The van der Waals surface area contributed by atoms with Crippen LogP contribution in [-0.4, -0.2) is 45.6 Å². The van der Waals surface area contributed by atoms with Crippen molar-refractivity contribution in [1.82, 2.24) is 14.6 Å². The van der Waals surface area contributed by atoms with Gasteiger partial charge in [-0.05, 0) is 25.5 Å². The number of ether oxygens (including phenoxy) is 1. The standard InChI is InChI=1S/C13H20N4O2/c1-10-5-4-7-17-11(10)15-12(16-17)14-9-13(2,18)6-8-19-3/h4-5,7,18H,6,8-9H2,1-3H3,(H,14,16). The summed E-state index contributed by atoms with van der Waals surface area (Å²) in [4.78, 5) is 4.39. The zero-order chi connectivity index (χ0) is 13.9. The Balaban J connectivity index is 2.04. The molecule has 2 aromatic heterocycles. The van der Waals surface area contributed by atoms with Crippen LogP contribution in [0.25, 0.3) is 5.65 Å². The van der Waals surface area contributed by atoms with E-state index in [-0.39, 0.29) is 0 Å². The lowest BCUT2D eigenvalue weighted by Gasteiger charge is -2.22. The molecule has 2 N–H and O–H groups in total. The van der Waals surface area contributed by atoms with Crippen molar-refractivity contribution in [3.05, 3.63) is 23.9 Å². The van der Waals surface area contributed by atoms with Crippen molar-refractivity contribution in [2.75, 3.05) is 25.6 Å². The molecule has 0 radical (unpaired) electrons. The van der Waals surface area contributed by atoms with Crippen LogP contribution >= 0.6 is 0 Å². The van der Waals surface area contributed by atoms with Gasteiger partial charge in [0.2, 0.25) is 5.95 Å². The van der Waals surface area contributed by atoms with E-state index in [0.717, 1.165) is 11.2 Å². The Morgan fingerprint density at radius 2 is 2.32 bits per heavy atom. The van der Waals surface area contributed by atoms with Crippen LogP contribution in [0.15, 0.2) is 18.3 Å². The van der Waals surface area contributed by atoms with Gasteiger partial charge in [0.15, 0.2) is 5.65 Å². The zero-order valence-electron chi connectivity index (χ0n) is 11.6. The molecule has 2 aromatic rings. The molecule has 0 saturated carbocycles. The number of methoxy groups -OCH3 is 1. The van der Waals surface area contributed by atoms with E-state index in [4.69, 9.17) is 4.74 Å². The molecule has 0 fully saturated rings. The lowest BCUT2D eigenvalue weighted by Crippen LogP contribution is -2.34. The summed E-state index contributed by atoms with van der Waals surface area (Å²) in [7, 11) is 1.62. The van der Waals surface area contributed by atoms with Gasteiger partial charge >= 0.3 is 0 Å². The third-order valence-corrected chi connectivity index (χ3v) is 3.03. The van der Waals surface area contributed by atoms with Gasteiger partial charge in [-0.15, -0.1) is 5.10 Å². The first-order valence-corrected chi connectivity index (χ1v) is 6.29. The number of rotatable bonds is 6. The van der Waals surface area contributed by atoms with Gasteiger partial charge in [0.25, 0.3) is 0 Å². The summed E-state index contributed by atoms with van der Waals surface area (Å²) in [6.45, 7) is 4.65. The van der Waals surface area contributed by atoms with Gasteiger partial charge in [-0.25, -0.2) is 4.52 Å². The summed E-state index contributed by atoms with van der Waals surface area (Å²) in [5, 5.41) is 17.5. The molecule has 0 aliphatic heterocycles. The molecule has 2 rings (SSSR count). The van der Waals surface area contributed by atoms with Crippen LogP contribution in [0, 0.1) is 6.92 Å². The summed E-state index contributed by atoms with van der Waals surface area (Å²) in [6, 6.07) is 3.91. The van der Waals surface area contributed by atoms with E-state index in [2.05, 4.69) is 15.4 Å². The predicted molar refractivity (Wildman–Crippen MR) is 73.3 cm³/mol. The molecule has 1 atom stereocenters. The predicted octanol–water partition coefficient (Wildman–Crippen LogP) is 1.24. The number of pyridine rings is 1. The number of nitrogens with one attached hydrogen (secondary N) is 1. The van der Waals surface area contributed by atoms with Crippen molar-refractivity contribution < 1.29 is 9.84 Å². The molecule has 6 nitrogen and oxygen atoms in total. The maximum absolute atomic E-state index is 10.1. The summed E-state index contributed by atoms with van der Waals surface area (Å²) < 4.78 is 6.69. The van der Waals surface area contributed by atoms with Gasteiger partial charge in [0.05, 0.1) is 5.60 Å². The van der Waals surface area contributed by atoms with E-state index < -0.39 is 5.60 Å². The number of aryl methyl sites for hydroxylation is 1. The molecule has 0 bridgehead atoms. The van der Waals surface area contributed by atoms with E-state index in [0.29, 0.717) is 25.5 Å². The SMILES string of the molecule is COCCC(C)(O)CNc1nc2c(C)cccn2n1. The number of anilines is 1. The molecule has 1 unspecified atom stereocenters. The molecular formula is C13H20N4O2. The van der Waals surface area contributed by atoms with Crippen molar-refractivity contribution in [3.8, 4) is 0 Å². The molecule has 104 valence electrons. The first kappa shape index (κ1) is 13.8. The highest BCUT2D eigenvalue weighted by Gasteiger charge is 2.20. The molecule has 0 saturated heterocycles.